The van der Waals surface area contributed by atoms with Gasteiger partial charge in [0.05, 0.1) is 5.60 Å². The number of aliphatic carboxylic acids is 1. The number of carboxylic acid groups (broad SMARTS) is 1. The van der Waals surface area contributed by atoms with Crippen molar-refractivity contribution in [3.05, 3.63) is 57.6 Å². The summed E-state index contributed by atoms with van der Waals surface area (Å²) in [7, 11) is 1.93. The van der Waals surface area contributed by atoms with Crippen LogP contribution in [0.4, 0.5) is 4.79 Å². The summed E-state index contributed by atoms with van der Waals surface area (Å²) in [6.45, 7) is 12.8. The second kappa shape index (κ2) is 10.5. The molecule has 2 aromatic carbocycles. The lowest BCUT2D eigenvalue weighted by Crippen LogP contribution is -2.44. The van der Waals surface area contributed by atoms with Crippen molar-refractivity contribution in [1.82, 2.24) is 9.80 Å². The molecule has 1 unspecified atom stereocenters. The van der Waals surface area contributed by atoms with E-state index >= 15 is 0 Å². The molecule has 2 amide bonds. The molecule has 1 aliphatic heterocycles. The molecule has 37 heavy (non-hydrogen) atoms. The number of hydrogen-bond acceptors (Lipinski definition) is 3. The van der Waals surface area contributed by atoms with Crippen LogP contribution < -0.4 is 0 Å². The quantitative estimate of drug-likeness (QED) is 0.478. The summed E-state index contributed by atoms with van der Waals surface area (Å²) in [5.74, 6) is -1.01. The fourth-order valence-corrected chi connectivity index (χ4v) is 6.01. The molecule has 0 radical (unpaired) electrons. The van der Waals surface area contributed by atoms with Crippen LogP contribution in [0.3, 0.4) is 0 Å². The van der Waals surface area contributed by atoms with E-state index in [1.54, 1.807) is 0 Å². The molecule has 6 heteroatoms. The SMILES string of the molecule is Cc1ccc(-c2c(C)c3c(c(C)c2C(OC(C)(C)C)C(=O)O)CN(C(=O)N(C)C2CCCCC2)C3)cc1. The van der Waals surface area contributed by atoms with E-state index in [2.05, 4.69) is 31.2 Å². The molecular formula is C31H42N2O4. The second-order valence-electron chi connectivity index (χ2n) is 11.9. The number of ether oxygens (including phenoxy) is 1. The van der Waals surface area contributed by atoms with Crippen LogP contribution in [0.1, 0.15) is 92.4 Å². The molecule has 0 spiro atoms. The third-order valence-electron chi connectivity index (χ3n) is 8.01. The summed E-state index contributed by atoms with van der Waals surface area (Å²) in [5, 5.41) is 10.3. The first-order chi connectivity index (χ1) is 17.4. The molecule has 1 atom stereocenters. The Morgan fingerprint density at radius 1 is 0.973 bits per heavy atom. The fourth-order valence-electron chi connectivity index (χ4n) is 6.01. The van der Waals surface area contributed by atoms with Crippen molar-refractivity contribution in [2.24, 2.45) is 0 Å². The largest absolute Gasteiger partial charge is 0.479 e. The van der Waals surface area contributed by atoms with Gasteiger partial charge in [0, 0.05) is 31.7 Å². The maximum absolute atomic E-state index is 13.6. The molecule has 0 aromatic heterocycles. The van der Waals surface area contributed by atoms with Gasteiger partial charge in [0.1, 0.15) is 0 Å². The number of benzene rings is 2. The Bertz CT molecular complexity index is 1170. The molecule has 2 aromatic rings. The molecule has 1 aliphatic carbocycles. The lowest BCUT2D eigenvalue weighted by molar-refractivity contribution is -0.160. The summed E-state index contributed by atoms with van der Waals surface area (Å²) in [4.78, 5) is 30.0. The summed E-state index contributed by atoms with van der Waals surface area (Å²) < 4.78 is 6.17. The summed E-state index contributed by atoms with van der Waals surface area (Å²) in [5.41, 5.74) is 7.18. The van der Waals surface area contributed by atoms with Crippen molar-refractivity contribution in [2.45, 2.75) is 104 Å². The Morgan fingerprint density at radius 3 is 2.08 bits per heavy atom. The van der Waals surface area contributed by atoms with Crippen LogP contribution in [0.15, 0.2) is 24.3 Å². The summed E-state index contributed by atoms with van der Waals surface area (Å²) in [6, 6.07) is 8.56. The first-order valence-electron chi connectivity index (χ1n) is 13.5. The van der Waals surface area contributed by atoms with Gasteiger partial charge < -0.3 is 19.6 Å². The molecule has 6 nitrogen and oxygen atoms in total. The van der Waals surface area contributed by atoms with E-state index in [0.29, 0.717) is 24.7 Å². The maximum Gasteiger partial charge on any atom is 0.337 e. The van der Waals surface area contributed by atoms with E-state index in [-0.39, 0.29) is 6.03 Å². The van der Waals surface area contributed by atoms with Crippen LogP contribution >= 0.6 is 0 Å². The predicted octanol–water partition coefficient (Wildman–Crippen LogP) is 6.92. The molecule has 1 saturated carbocycles. The smallest absolute Gasteiger partial charge is 0.337 e. The molecule has 1 heterocycles. The van der Waals surface area contributed by atoms with Crippen LogP contribution in [-0.4, -0.2) is 45.6 Å². The van der Waals surface area contributed by atoms with E-state index in [1.807, 2.05) is 51.5 Å². The number of urea groups is 1. The van der Waals surface area contributed by atoms with E-state index in [1.165, 1.54) is 19.3 Å². The Morgan fingerprint density at radius 2 is 1.54 bits per heavy atom. The van der Waals surface area contributed by atoms with Crippen LogP contribution in [0, 0.1) is 20.8 Å². The lowest BCUT2D eigenvalue weighted by atomic mass is 9.83. The molecule has 4 rings (SSSR count). The van der Waals surface area contributed by atoms with Gasteiger partial charge in [-0.15, -0.1) is 0 Å². The highest BCUT2D eigenvalue weighted by Gasteiger charge is 2.37. The Hall–Kier alpha value is -2.86. The number of carboxylic acids is 1. The van der Waals surface area contributed by atoms with Gasteiger partial charge >= 0.3 is 12.0 Å². The summed E-state index contributed by atoms with van der Waals surface area (Å²) >= 11 is 0. The topological polar surface area (TPSA) is 70.1 Å². The van der Waals surface area contributed by atoms with Crippen molar-refractivity contribution in [3.63, 3.8) is 0 Å². The zero-order valence-electron chi connectivity index (χ0n) is 23.5. The summed E-state index contributed by atoms with van der Waals surface area (Å²) in [6.07, 6.45) is 4.61. The van der Waals surface area contributed by atoms with Crippen molar-refractivity contribution < 1.29 is 19.4 Å². The minimum absolute atomic E-state index is 0.0565. The number of fused-ring (bicyclic) bond motifs is 1. The third-order valence-corrected chi connectivity index (χ3v) is 8.01. The number of rotatable bonds is 5. The van der Waals surface area contributed by atoms with Crippen LogP contribution in [0.2, 0.25) is 0 Å². The van der Waals surface area contributed by atoms with Crippen LogP contribution in [0.25, 0.3) is 11.1 Å². The van der Waals surface area contributed by atoms with Gasteiger partial charge in [0.25, 0.3) is 0 Å². The van der Waals surface area contributed by atoms with Gasteiger partial charge in [-0.1, -0.05) is 49.1 Å². The highest BCUT2D eigenvalue weighted by molar-refractivity contribution is 5.85. The lowest BCUT2D eigenvalue weighted by Gasteiger charge is -2.34. The molecule has 1 fully saturated rings. The molecule has 0 saturated heterocycles. The highest BCUT2D eigenvalue weighted by atomic mass is 16.5. The molecule has 2 aliphatic rings. The second-order valence-corrected chi connectivity index (χ2v) is 11.9. The minimum atomic E-state index is -1.12. The van der Waals surface area contributed by atoms with Gasteiger partial charge in [0.2, 0.25) is 0 Å². The van der Waals surface area contributed by atoms with E-state index < -0.39 is 17.7 Å². The Kier molecular flexibility index (Phi) is 7.70. The first kappa shape index (κ1) is 27.2. The monoisotopic (exact) mass is 506 g/mol. The van der Waals surface area contributed by atoms with Gasteiger partial charge in [-0.25, -0.2) is 9.59 Å². The standard InChI is InChI=1S/C31H42N2O4/c1-19-13-15-22(16-14-19)26-20(2)24-17-33(30(36)32(7)23-11-9-8-10-12-23)18-25(24)21(3)27(26)28(29(34)35)37-31(4,5)6/h13-16,23,28H,8-12,17-18H2,1-7H3,(H,34,35). The minimum Gasteiger partial charge on any atom is -0.479 e. The van der Waals surface area contributed by atoms with E-state index in [0.717, 1.165) is 51.8 Å². The number of aryl methyl sites for hydroxylation is 1. The Balaban J connectivity index is 1.81. The number of amides is 2. The van der Waals surface area contributed by atoms with Crippen molar-refractivity contribution in [2.75, 3.05) is 7.05 Å². The average Bonchev–Trinajstić information content (AvgIpc) is 3.31. The zero-order chi connectivity index (χ0) is 27.1. The maximum atomic E-state index is 13.6. The van der Waals surface area contributed by atoms with E-state index in [4.69, 9.17) is 4.74 Å². The van der Waals surface area contributed by atoms with Crippen LogP contribution in [0.5, 0.6) is 0 Å². The number of hydrogen-bond donors (Lipinski definition) is 1. The number of carbonyl (C=O) groups is 2. The third kappa shape index (κ3) is 5.54. The normalized spacial score (nSPS) is 17.0. The zero-order valence-corrected chi connectivity index (χ0v) is 23.5. The van der Waals surface area contributed by atoms with Crippen LogP contribution in [-0.2, 0) is 22.6 Å². The predicted molar refractivity (Wildman–Crippen MR) is 147 cm³/mol. The number of carbonyl (C=O) groups excluding carboxylic acids is 1. The molecular weight excluding hydrogens is 464 g/mol. The van der Waals surface area contributed by atoms with Crippen molar-refractivity contribution in [1.29, 1.82) is 0 Å². The average molecular weight is 507 g/mol. The fraction of sp³-hybridized carbons (Fsp3) is 0.548. The van der Waals surface area contributed by atoms with Gasteiger partial charge in [-0.05, 0) is 87.8 Å². The first-order valence-corrected chi connectivity index (χ1v) is 13.5. The Labute approximate surface area is 221 Å². The molecule has 1 N–H and O–H groups in total. The van der Waals surface area contributed by atoms with E-state index in [9.17, 15) is 14.7 Å². The van der Waals surface area contributed by atoms with Gasteiger partial charge in [-0.2, -0.15) is 0 Å². The van der Waals surface area contributed by atoms with Gasteiger partial charge in [-0.3, -0.25) is 0 Å². The van der Waals surface area contributed by atoms with Crippen molar-refractivity contribution in [3.8, 4) is 11.1 Å². The molecule has 0 bridgehead atoms. The molecule has 200 valence electrons. The van der Waals surface area contributed by atoms with Crippen molar-refractivity contribution >= 4 is 12.0 Å². The highest BCUT2D eigenvalue weighted by Crippen LogP contribution is 2.44. The number of nitrogens with zero attached hydrogens (tertiary/aromatic N) is 2. The van der Waals surface area contributed by atoms with Gasteiger partial charge in [0.15, 0.2) is 6.10 Å².